The Labute approximate surface area is 135 Å². The van der Waals surface area contributed by atoms with Gasteiger partial charge in [-0.05, 0) is 30.4 Å². The first kappa shape index (κ1) is 18.7. The predicted octanol–water partition coefficient (Wildman–Crippen LogP) is 2.20. The highest BCUT2D eigenvalue weighted by Gasteiger charge is 2.26. The van der Waals surface area contributed by atoms with Crippen molar-refractivity contribution >= 4 is 17.8 Å². The molecule has 128 valence electrons. The predicted molar refractivity (Wildman–Crippen MR) is 83.3 cm³/mol. The standard InChI is InChI=1S/C16H24N2O5/c1-10(2)6-7-12(16(21)22)11(3)9-14(19)17-18-15(20)13-5-4-8-23-13/h4-5,8,10-12H,6-7,9H2,1-3H3,(H,17,19)(H,18,20)(H,21,22)/t11-,12-/m0/s1. The number of carbonyl (C=O) groups is 3. The molecule has 0 radical (unpaired) electrons. The molecule has 0 aliphatic rings. The second-order valence-corrected chi connectivity index (χ2v) is 6.08. The van der Waals surface area contributed by atoms with Crippen LogP contribution in [0.5, 0.6) is 0 Å². The van der Waals surface area contributed by atoms with Gasteiger partial charge >= 0.3 is 11.9 Å². The topological polar surface area (TPSA) is 109 Å². The van der Waals surface area contributed by atoms with Crippen molar-refractivity contribution in [2.75, 3.05) is 0 Å². The maximum atomic E-state index is 11.8. The minimum Gasteiger partial charge on any atom is -0.481 e. The summed E-state index contributed by atoms with van der Waals surface area (Å²) in [5.74, 6) is -2.32. The van der Waals surface area contributed by atoms with Gasteiger partial charge in [0.25, 0.3) is 0 Å². The summed E-state index contributed by atoms with van der Waals surface area (Å²) in [6.45, 7) is 5.79. The van der Waals surface area contributed by atoms with E-state index in [-0.39, 0.29) is 18.1 Å². The first-order chi connectivity index (χ1) is 10.8. The van der Waals surface area contributed by atoms with E-state index in [1.165, 1.54) is 12.3 Å². The van der Waals surface area contributed by atoms with E-state index in [0.717, 1.165) is 6.42 Å². The SMILES string of the molecule is CC(C)CC[C@H](C(=O)O)[C@@H](C)CC(=O)NNC(=O)c1ccco1. The van der Waals surface area contributed by atoms with Gasteiger partial charge in [0.05, 0.1) is 12.2 Å². The molecule has 0 bridgehead atoms. The molecule has 0 unspecified atom stereocenters. The van der Waals surface area contributed by atoms with E-state index >= 15 is 0 Å². The van der Waals surface area contributed by atoms with E-state index < -0.39 is 23.7 Å². The fourth-order valence-corrected chi connectivity index (χ4v) is 2.25. The molecule has 23 heavy (non-hydrogen) atoms. The molecule has 0 fully saturated rings. The summed E-state index contributed by atoms with van der Waals surface area (Å²) in [6, 6.07) is 3.03. The van der Waals surface area contributed by atoms with Crippen LogP contribution in [0.3, 0.4) is 0 Å². The van der Waals surface area contributed by atoms with Crippen LogP contribution in [0.4, 0.5) is 0 Å². The van der Waals surface area contributed by atoms with Gasteiger partial charge in [0, 0.05) is 6.42 Å². The average Bonchev–Trinajstić information content (AvgIpc) is 2.98. The smallest absolute Gasteiger partial charge is 0.306 e. The van der Waals surface area contributed by atoms with E-state index in [0.29, 0.717) is 12.3 Å². The number of hydrazine groups is 1. The molecule has 1 aromatic heterocycles. The molecule has 7 nitrogen and oxygen atoms in total. The minimum atomic E-state index is -0.898. The molecule has 2 amide bonds. The first-order valence-electron chi connectivity index (χ1n) is 7.66. The Kier molecular flexibility index (Phi) is 7.31. The molecule has 3 N–H and O–H groups in total. The van der Waals surface area contributed by atoms with E-state index in [9.17, 15) is 19.5 Å². The van der Waals surface area contributed by atoms with Crippen LogP contribution in [0, 0.1) is 17.8 Å². The van der Waals surface area contributed by atoms with Crippen molar-refractivity contribution in [3.05, 3.63) is 24.2 Å². The highest BCUT2D eigenvalue weighted by atomic mass is 16.4. The molecular weight excluding hydrogens is 300 g/mol. The van der Waals surface area contributed by atoms with Gasteiger partial charge in [0.2, 0.25) is 5.91 Å². The van der Waals surface area contributed by atoms with Crippen LogP contribution in [-0.4, -0.2) is 22.9 Å². The summed E-state index contributed by atoms with van der Waals surface area (Å²) in [4.78, 5) is 34.8. The lowest BCUT2D eigenvalue weighted by molar-refractivity contribution is -0.144. The Balaban J connectivity index is 2.44. The summed E-state index contributed by atoms with van der Waals surface area (Å²) >= 11 is 0. The molecule has 0 saturated heterocycles. The maximum absolute atomic E-state index is 11.8. The number of hydrogen-bond acceptors (Lipinski definition) is 4. The van der Waals surface area contributed by atoms with Crippen molar-refractivity contribution in [3.8, 4) is 0 Å². The van der Waals surface area contributed by atoms with Crippen molar-refractivity contribution in [2.45, 2.75) is 40.0 Å². The number of carboxylic acid groups (broad SMARTS) is 1. The molecule has 0 spiro atoms. The minimum absolute atomic E-state index is 0.0213. The normalized spacial score (nSPS) is 13.4. The van der Waals surface area contributed by atoms with Crippen molar-refractivity contribution in [3.63, 3.8) is 0 Å². The van der Waals surface area contributed by atoms with Gasteiger partial charge in [0.1, 0.15) is 0 Å². The largest absolute Gasteiger partial charge is 0.481 e. The van der Waals surface area contributed by atoms with E-state index in [1.54, 1.807) is 13.0 Å². The molecule has 2 atom stereocenters. The first-order valence-corrected chi connectivity index (χ1v) is 7.66. The Morgan fingerprint density at radius 1 is 1.17 bits per heavy atom. The van der Waals surface area contributed by atoms with Crippen LogP contribution < -0.4 is 10.9 Å². The highest BCUT2D eigenvalue weighted by molar-refractivity contribution is 5.92. The number of carbonyl (C=O) groups excluding carboxylic acids is 2. The third-order valence-electron chi connectivity index (χ3n) is 3.63. The second kappa shape index (κ2) is 8.97. The fraction of sp³-hybridized carbons (Fsp3) is 0.562. The van der Waals surface area contributed by atoms with Crippen molar-refractivity contribution < 1.29 is 23.9 Å². The Morgan fingerprint density at radius 2 is 1.87 bits per heavy atom. The van der Waals surface area contributed by atoms with Gasteiger partial charge in [0.15, 0.2) is 5.76 Å². The van der Waals surface area contributed by atoms with Crippen LogP contribution >= 0.6 is 0 Å². The van der Waals surface area contributed by atoms with Crippen molar-refractivity contribution in [1.29, 1.82) is 0 Å². The van der Waals surface area contributed by atoms with Gasteiger partial charge in [-0.2, -0.15) is 0 Å². The van der Waals surface area contributed by atoms with Gasteiger partial charge in [-0.3, -0.25) is 25.2 Å². The van der Waals surface area contributed by atoms with Crippen LogP contribution in [0.25, 0.3) is 0 Å². The van der Waals surface area contributed by atoms with Crippen LogP contribution in [0.15, 0.2) is 22.8 Å². The molecule has 1 aromatic rings. The number of aliphatic carboxylic acids is 1. The number of hydrogen-bond donors (Lipinski definition) is 3. The van der Waals surface area contributed by atoms with Crippen molar-refractivity contribution in [2.24, 2.45) is 17.8 Å². The highest BCUT2D eigenvalue weighted by Crippen LogP contribution is 2.23. The molecule has 7 heteroatoms. The number of carboxylic acids is 1. The van der Waals surface area contributed by atoms with Crippen LogP contribution in [0.1, 0.15) is 50.6 Å². The van der Waals surface area contributed by atoms with Gasteiger partial charge in [-0.1, -0.05) is 27.2 Å². The molecular formula is C16H24N2O5. The van der Waals surface area contributed by atoms with E-state index in [1.807, 2.05) is 13.8 Å². The number of rotatable bonds is 8. The second-order valence-electron chi connectivity index (χ2n) is 6.08. The van der Waals surface area contributed by atoms with Crippen LogP contribution in [0.2, 0.25) is 0 Å². The zero-order valence-corrected chi connectivity index (χ0v) is 13.7. The molecule has 0 aliphatic heterocycles. The molecule has 0 aliphatic carbocycles. The lowest BCUT2D eigenvalue weighted by Gasteiger charge is -2.20. The quantitative estimate of drug-likeness (QED) is 0.635. The molecule has 0 saturated carbocycles. The van der Waals surface area contributed by atoms with Gasteiger partial charge < -0.3 is 9.52 Å². The van der Waals surface area contributed by atoms with Crippen LogP contribution in [-0.2, 0) is 9.59 Å². The summed E-state index contributed by atoms with van der Waals surface area (Å²) in [5.41, 5.74) is 4.50. The molecule has 1 heterocycles. The Morgan fingerprint density at radius 3 is 2.39 bits per heavy atom. The number of furan rings is 1. The van der Waals surface area contributed by atoms with Gasteiger partial charge in [-0.15, -0.1) is 0 Å². The average molecular weight is 324 g/mol. The third kappa shape index (κ3) is 6.54. The summed E-state index contributed by atoms with van der Waals surface area (Å²) < 4.78 is 4.89. The Bertz CT molecular complexity index is 525. The fourth-order valence-electron chi connectivity index (χ4n) is 2.25. The lowest BCUT2D eigenvalue weighted by Crippen LogP contribution is -2.42. The number of nitrogens with one attached hydrogen (secondary N) is 2. The van der Waals surface area contributed by atoms with E-state index in [4.69, 9.17) is 4.42 Å². The lowest BCUT2D eigenvalue weighted by atomic mass is 9.85. The van der Waals surface area contributed by atoms with E-state index in [2.05, 4.69) is 10.9 Å². The number of amides is 2. The molecule has 1 rings (SSSR count). The summed E-state index contributed by atoms with van der Waals surface area (Å²) in [6.07, 6.45) is 2.69. The maximum Gasteiger partial charge on any atom is 0.306 e. The summed E-state index contributed by atoms with van der Waals surface area (Å²) in [5, 5.41) is 9.30. The Hall–Kier alpha value is -2.31. The third-order valence-corrected chi connectivity index (χ3v) is 3.63. The van der Waals surface area contributed by atoms with Gasteiger partial charge in [-0.25, -0.2) is 0 Å². The molecule has 0 aromatic carbocycles. The summed E-state index contributed by atoms with van der Waals surface area (Å²) in [7, 11) is 0. The monoisotopic (exact) mass is 324 g/mol. The zero-order chi connectivity index (χ0) is 17.4. The van der Waals surface area contributed by atoms with Crippen molar-refractivity contribution in [1.82, 2.24) is 10.9 Å². The zero-order valence-electron chi connectivity index (χ0n) is 13.7.